The number of methoxy groups -OCH3 is 1. The fourth-order valence-electron chi connectivity index (χ4n) is 3.59. The third kappa shape index (κ3) is 4.22. The van der Waals surface area contributed by atoms with Crippen LogP contribution in [0.2, 0.25) is 0 Å². The van der Waals surface area contributed by atoms with Gasteiger partial charge in [0.15, 0.2) is 0 Å². The summed E-state index contributed by atoms with van der Waals surface area (Å²) in [4.78, 5) is 5.27. The summed E-state index contributed by atoms with van der Waals surface area (Å²) in [6.07, 6.45) is 3.67. The summed E-state index contributed by atoms with van der Waals surface area (Å²) < 4.78 is 10.8. The van der Waals surface area contributed by atoms with Gasteiger partial charge in [0.1, 0.15) is 5.75 Å². The van der Waals surface area contributed by atoms with Crippen LogP contribution in [0.3, 0.4) is 0 Å². The van der Waals surface area contributed by atoms with E-state index in [1.54, 1.807) is 7.11 Å². The summed E-state index contributed by atoms with van der Waals surface area (Å²) in [5, 5.41) is 0. The zero-order chi connectivity index (χ0) is 15.2. The fourth-order valence-corrected chi connectivity index (χ4v) is 3.59. The van der Waals surface area contributed by atoms with E-state index in [2.05, 4.69) is 28.0 Å². The Hall–Kier alpha value is -1.10. The molecule has 0 radical (unpaired) electrons. The van der Waals surface area contributed by atoms with Crippen molar-refractivity contribution in [1.29, 1.82) is 0 Å². The molecule has 2 fully saturated rings. The molecule has 4 heteroatoms. The summed E-state index contributed by atoms with van der Waals surface area (Å²) in [5.41, 5.74) is 1.35. The topological polar surface area (TPSA) is 24.9 Å². The second kappa shape index (κ2) is 7.95. The normalized spacial score (nSPS) is 22.4. The van der Waals surface area contributed by atoms with Crippen LogP contribution in [0.5, 0.6) is 5.75 Å². The molecule has 122 valence electrons. The van der Waals surface area contributed by atoms with E-state index in [-0.39, 0.29) is 0 Å². The van der Waals surface area contributed by atoms with Crippen LogP contribution in [0.25, 0.3) is 0 Å². The van der Waals surface area contributed by atoms with Gasteiger partial charge in [-0.3, -0.25) is 9.80 Å². The zero-order valence-corrected chi connectivity index (χ0v) is 13.7. The third-order valence-corrected chi connectivity index (χ3v) is 4.87. The quantitative estimate of drug-likeness (QED) is 0.853. The van der Waals surface area contributed by atoms with Gasteiger partial charge < -0.3 is 9.47 Å². The Morgan fingerprint density at radius 2 is 2.00 bits per heavy atom. The Morgan fingerprint density at radius 1 is 1.14 bits per heavy atom. The van der Waals surface area contributed by atoms with Crippen LogP contribution < -0.4 is 4.74 Å². The van der Waals surface area contributed by atoms with E-state index >= 15 is 0 Å². The van der Waals surface area contributed by atoms with Gasteiger partial charge in [-0.25, -0.2) is 0 Å². The highest BCUT2D eigenvalue weighted by Crippen LogP contribution is 2.19. The lowest BCUT2D eigenvalue weighted by molar-refractivity contribution is 0.0353. The van der Waals surface area contributed by atoms with Crippen LogP contribution in [-0.4, -0.2) is 62.3 Å². The second-order valence-electron chi connectivity index (χ2n) is 6.36. The van der Waals surface area contributed by atoms with Crippen molar-refractivity contribution in [1.82, 2.24) is 9.80 Å². The van der Waals surface area contributed by atoms with Gasteiger partial charge in [0, 0.05) is 38.9 Å². The van der Waals surface area contributed by atoms with Crippen LogP contribution in [0.4, 0.5) is 0 Å². The first-order valence-corrected chi connectivity index (χ1v) is 8.52. The van der Waals surface area contributed by atoms with Crippen LogP contribution >= 0.6 is 0 Å². The highest BCUT2D eigenvalue weighted by Gasteiger charge is 2.23. The Balaban J connectivity index is 1.53. The average molecular weight is 304 g/mol. The third-order valence-electron chi connectivity index (χ3n) is 4.87. The molecule has 2 aliphatic rings. The largest absolute Gasteiger partial charge is 0.497 e. The molecule has 0 amide bonds. The molecule has 0 unspecified atom stereocenters. The smallest absolute Gasteiger partial charge is 0.119 e. The summed E-state index contributed by atoms with van der Waals surface area (Å²) in [6.45, 7) is 7.68. The van der Waals surface area contributed by atoms with Crippen LogP contribution in [0.1, 0.15) is 24.8 Å². The van der Waals surface area contributed by atoms with Crippen molar-refractivity contribution in [3.05, 3.63) is 29.8 Å². The molecular formula is C18H28N2O2. The van der Waals surface area contributed by atoms with Crippen molar-refractivity contribution >= 4 is 0 Å². The molecular weight excluding hydrogens is 276 g/mol. The highest BCUT2D eigenvalue weighted by molar-refractivity contribution is 5.28. The van der Waals surface area contributed by atoms with E-state index in [4.69, 9.17) is 9.47 Å². The number of hydrogen-bond acceptors (Lipinski definition) is 4. The molecule has 1 aromatic carbocycles. The molecule has 0 aromatic heterocycles. The van der Waals surface area contributed by atoms with Gasteiger partial charge in [-0.2, -0.15) is 0 Å². The molecule has 2 aliphatic heterocycles. The SMILES string of the molecule is COc1cccc(CN2CCCN(C3CCOCC3)CC2)c1. The van der Waals surface area contributed by atoms with Crippen molar-refractivity contribution in [3.8, 4) is 5.75 Å². The van der Waals surface area contributed by atoms with Crippen molar-refractivity contribution in [3.63, 3.8) is 0 Å². The molecule has 0 atom stereocenters. The lowest BCUT2D eigenvalue weighted by atomic mass is 10.1. The summed E-state index contributed by atoms with van der Waals surface area (Å²) in [6, 6.07) is 9.19. The first-order chi connectivity index (χ1) is 10.8. The number of rotatable bonds is 4. The van der Waals surface area contributed by atoms with Crippen molar-refractivity contribution < 1.29 is 9.47 Å². The highest BCUT2D eigenvalue weighted by atomic mass is 16.5. The maximum atomic E-state index is 5.49. The molecule has 2 saturated heterocycles. The Labute approximate surface area is 134 Å². The number of hydrogen-bond donors (Lipinski definition) is 0. The van der Waals surface area contributed by atoms with Crippen LogP contribution in [0.15, 0.2) is 24.3 Å². The van der Waals surface area contributed by atoms with Gasteiger partial charge in [-0.1, -0.05) is 12.1 Å². The van der Waals surface area contributed by atoms with E-state index in [1.165, 1.54) is 44.5 Å². The number of ether oxygens (including phenoxy) is 2. The summed E-state index contributed by atoms with van der Waals surface area (Å²) >= 11 is 0. The van der Waals surface area contributed by atoms with Gasteiger partial charge in [0.25, 0.3) is 0 Å². The molecule has 0 N–H and O–H groups in total. The predicted molar refractivity (Wildman–Crippen MR) is 88.3 cm³/mol. The molecule has 0 saturated carbocycles. The van der Waals surface area contributed by atoms with Gasteiger partial charge in [0.05, 0.1) is 7.11 Å². The lowest BCUT2D eigenvalue weighted by Crippen LogP contribution is -2.41. The van der Waals surface area contributed by atoms with Crippen molar-refractivity contribution in [2.45, 2.75) is 31.8 Å². The maximum Gasteiger partial charge on any atom is 0.119 e. The average Bonchev–Trinajstić information content (AvgIpc) is 2.81. The monoisotopic (exact) mass is 304 g/mol. The minimum atomic E-state index is 0.741. The Bertz CT molecular complexity index is 460. The predicted octanol–water partition coefficient (Wildman–Crippen LogP) is 2.38. The molecule has 22 heavy (non-hydrogen) atoms. The van der Waals surface area contributed by atoms with E-state index in [9.17, 15) is 0 Å². The lowest BCUT2D eigenvalue weighted by Gasteiger charge is -2.33. The maximum absolute atomic E-state index is 5.49. The zero-order valence-electron chi connectivity index (χ0n) is 13.7. The van der Waals surface area contributed by atoms with E-state index in [0.29, 0.717) is 0 Å². The van der Waals surface area contributed by atoms with E-state index in [0.717, 1.165) is 38.1 Å². The van der Waals surface area contributed by atoms with Gasteiger partial charge in [-0.05, 0) is 50.0 Å². The molecule has 4 nitrogen and oxygen atoms in total. The van der Waals surface area contributed by atoms with Crippen molar-refractivity contribution in [2.24, 2.45) is 0 Å². The minimum absolute atomic E-state index is 0.741. The first kappa shape index (κ1) is 15.8. The molecule has 0 aliphatic carbocycles. The number of benzene rings is 1. The summed E-state index contributed by atoms with van der Waals surface area (Å²) in [5.74, 6) is 0.955. The molecule has 0 spiro atoms. The first-order valence-electron chi connectivity index (χ1n) is 8.52. The standard InChI is InChI=1S/C18H28N2O2/c1-21-18-5-2-4-16(14-18)15-19-8-3-9-20(11-10-19)17-6-12-22-13-7-17/h2,4-5,14,17H,3,6-13,15H2,1H3. The second-order valence-corrected chi connectivity index (χ2v) is 6.36. The Morgan fingerprint density at radius 3 is 2.82 bits per heavy atom. The molecule has 1 aromatic rings. The molecule has 0 bridgehead atoms. The van der Waals surface area contributed by atoms with Gasteiger partial charge >= 0.3 is 0 Å². The van der Waals surface area contributed by atoms with Gasteiger partial charge in [0.2, 0.25) is 0 Å². The molecule has 3 rings (SSSR count). The fraction of sp³-hybridized carbons (Fsp3) is 0.667. The van der Waals surface area contributed by atoms with E-state index in [1.807, 2.05) is 6.07 Å². The molecule has 2 heterocycles. The van der Waals surface area contributed by atoms with Crippen LogP contribution in [-0.2, 0) is 11.3 Å². The Kier molecular flexibility index (Phi) is 5.70. The minimum Gasteiger partial charge on any atom is -0.497 e. The van der Waals surface area contributed by atoms with Gasteiger partial charge in [-0.15, -0.1) is 0 Å². The number of nitrogens with zero attached hydrogens (tertiary/aromatic N) is 2. The van der Waals surface area contributed by atoms with E-state index < -0.39 is 0 Å². The van der Waals surface area contributed by atoms with Crippen molar-refractivity contribution in [2.75, 3.05) is 46.5 Å². The van der Waals surface area contributed by atoms with Crippen LogP contribution in [0, 0.1) is 0 Å². The summed E-state index contributed by atoms with van der Waals surface area (Å²) in [7, 11) is 1.73.